The van der Waals surface area contributed by atoms with Crippen LogP contribution >= 0.6 is 11.6 Å². The van der Waals surface area contributed by atoms with Crippen molar-refractivity contribution in [2.24, 2.45) is 0 Å². The minimum Gasteiger partial charge on any atom is -0.496 e. The van der Waals surface area contributed by atoms with Gasteiger partial charge in [0.05, 0.1) is 53.4 Å². The van der Waals surface area contributed by atoms with E-state index >= 15 is 0 Å². The van der Waals surface area contributed by atoms with Crippen molar-refractivity contribution in [2.75, 3.05) is 26.6 Å². The van der Waals surface area contributed by atoms with Crippen LogP contribution in [0.5, 0.6) is 11.5 Å². The van der Waals surface area contributed by atoms with Crippen LogP contribution in [0.4, 0.5) is 20.3 Å². The Kier molecular flexibility index (Phi) is 11.8. The van der Waals surface area contributed by atoms with E-state index in [0.29, 0.717) is 46.9 Å². The molecule has 13 heteroatoms. The molecule has 8 rings (SSSR count). The molecule has 2 N–H and O–H groups in total. The number of nitrogens with one attached hydrogen (secondary N) is 2. The number of aromatic nitrogens is 5. The summed E-state index contributed by atoms with van der Waals surface area (Å²) in [4.78, 5) is 15.4. The topological polar surface area (TPSA) is 102 Å². The number of nitrogens with zero attached hydrogens (tertiary/aromatic N) is 6. The van der Waals surface area contributed by atoms with Crippen molar-refractivity contribution in [3.63, 3.8) is 0 Å². The Balaban J connectivity index is 1.09. The van der Waals surface area contributed by atoms with Crippen LogP contribution in [0.15, 0.2) is 67.0 Å². The van der Waals surface area contributed by atoms with Crippen molar-refractivity contribution in [3.05, 3.63) is 89.0 Å². The molecule has 2 aliphatic rings. The Hall–Kier alpha value is -4.91. The summed E-state index contributed by atoms with van der Waals surface area (Å²) in [5.41, 5.74) is 6.34. The molecule has 0 spiro atoms. The predicted octanol–water partition coefficient (Wildman–Crippen LogP) is 10.6. The van der Waals surface area contributed by atoms with Gasteiger partial charge in [-0.2, -0.15) is 5.10 Å². The van der Waals surface area contributed by atoms with Gasteiger partial charge < -0.3 is 20.1 Å². The fourth-order valence-corrected chi connectivity index (χ4v) is 8.81. The molecule has 0 aliphatic heterocycles. The first-order valence-electron chi connectivity index (χ1n) is 20.0. The van der Waals surface area contributed by atoms with Crippen LogP contribution in [0.1, 0.15) is 87.6 Å². The highest BCUT2D eigenvalue weighted by molar-refractivity contribution is 6.36. The zero-order valence-electron chi connectivity index (χ0n) is 32.7. The number of hydrogen-bond donors (Lipinski definition) is 2. The second-order valence-corrected chi connectivity index (χ2v) is 15.7. The number of rotatable bonds is 13. The summed E-state index contributed by atoms with van der Waals surface area (Å²) in [6.45, 7) is 1.30. The average Bonchev–Trinajstić information content (AvgIpc) is 3.69. The molecule has 298 valence electrons. The molecule has 3 aromatic carbocycles. The highest BCUT2D eigenvalue weighted by atomic mass is 35.5. The summed E-state index contributed by atoms with van der Waals surface area (Å²) in [7, 11) is 5.56. The van der Waals surface area contributed by atoms with Gasteiger partial charge in [-0.3, -0.25) is 9.88 Å². The third-order valence-electron chi connectivity index (χ3n) is 11.6. The zero-order valence-corrected chi connectivity index (χ0v) is 33.5. The van der Waals surface area contributed by atoms with Crippen molar-refractivity contribution in [1.29, 1.82) is 0 Å². The zero-order chi connectivity index (χ0) is 39.5. The van der Waals surface area contributed by atoms with Crippen LogP contribution in [0.25, 0.3) is 38.8 Å². The van der Waals surface area contributed by atoms with Gasteiger partial charge in [-0.1, -0.05) is 74.4 Å². The van der Waals surface area contributed by atoms with Crippen molar-refractivity contribution in [1.82, 2.24) is 34.9 Å². The quantitative estimate of drug-likeness (QED) is 0.118. The predicted molar refractivity (Wildman–Crippen MR) is 222 cm³/mol. The molecule has 0 amide bonds. The summed E-state index contributed by atoms with van der Waals surface area (Å²) in [5, 5.41) is 12.9. The molecule has 0 radical (unpaired) electrons. The van der Waals surface area contributed by atoms with Crippen LogP contribution in [-0.2, 0) is 13.1 Å². The molecule has 0 bridgehead atoms. The maximum Gasteiger partial charge on any atom is 0.297 e. The van der Waals surface area contributed by atoms with E-state index in [1.165, 1.54) is 51.4 Å². The molecule has 3 aromatic heterocycles. The molecule has 0 atom stereocenters. The first-order chi connectivity index (χ1) is 27.8. The maximum atomic E-state index is 14.1. The van der Waals surface area contributed by atoms with Crippen LogP contribution in [0, 0.1) is 0 Å². The van der Waals surface area contributed by atoms with Gasteiger partial charge in [0.15, 0.2) is 11.6 Å². The van der Waals surface area contributed by atoms with Gasteiger partial charge in [0, 0.05) is 54.5 Å². The van der Waals surface area contributed by atoms with E-state index in [4.69, 9.17) is 26.2 Å². The Morgan fingerprint density at radius 3 is 2.30 bits per heavy atom. The smallest absolute Gasteiger partial charge is 0.297 e. The van der Waals surface area contributed by atoms with E-state index in [9.17, 15) is 8.78 Å². The van der Waals surface area contributed by atoms with E-state index in [0.717, 1.165) is 63.2 Å². The molecule has 6 aromatic rings. The molecule has 3 heterocycles. The fourth-order valence-electron chi connectivity index (χ4n) is 8.53. The number of fused-ring (bicyclic) bond motifs is 2. The van der Waals surface area contributed by atoms with E-state index in [-0.39, 0.29) is 5.82 Å². The largest absolute Gasteiger partial charge is 0.496 e. The minimum absolute atomic E-state index is 0.156. The summed E-state index contributed by atoms with van der Waals surface area (Å²) < 4.78 is 42.0. The first kappa shape index (κ1) is 38.9. The first-order valence-corrected chi connectivity index (χ1v) is 20.3. The minimum atomic E-state index is -2.87. The van der Waals surface area contributed by atoms with E-state index in [2.05, 4.69) is 37.5 Å². The SMILES string of the molecule is COc1cc(-n2ncc3c(-c4cccc(Nc5nc(C(F)F)nc6cc(CNC7CCCCC7)cnc56)c4Cl)cccc32)cc(OC)c1CN(C)C1CCCCC1. The number of methoxy groups -OCH3 is 2. The summed E-state index contributed by atoms with van der Waals surface area (Å²) in [6, 6.07) is 18.4. The Morgan fingerprint density at radius 2 is 1.58 bits per heavy atom. The van der Waals surface area contributed by atoms with E-state index < -0.39 is 12.2 Å². The summed E-state index contributed by atoms with van der Waals surface area (Å²) in [6.07, 6.45) is 12.9. The van der Waals surface area contributed by atoms with Gasteiger partial charge in [-0.25, -0.2) is 23.4 Å². The van der Waals surface area contributed by atoms with Crippen molar-refractivity contribution < 1.29 is 18.3 Å². The normalized spacial score (nSPS) is 15.6. The molecule has 0 saturated heterocycles. The van der Waals surface area contributed by atoms with Crippen LogP contribution in [0.3, 0.4) is 0 Å². The van der Waals surface area contributed by atoms with Crippen LogP contribution in [0.2, 0.25) is 5.02 Å². The standard InChI is InChI=1S/C44H49ClF2N8O2/c1-54(29-14-8-5-9-15-29)26-34-38(56-2)21-30(22-39(34)57-3)55-37-19-11-16-31(33(37)25-50-55)32-17-10-18-35(40(32)45)51-43-41-36(52-44(53-43)42(46)47)20-27(24-49-41)23-48-28-12-6-4-7-13-28/h10-11,16-22,24-25,28-29,42,48H,4-9,12-15,23,26H2,1-3H3,(H,51,52,53). The fraction of sp³-hybridized carbons (Fsp3) is 0.409. The number of ether oxygens (including phenoxy) is 2. The average molecular weight is 795 g/mol. The second-order valence-electron chi connectivity index (χ2n) is 15.3. The third-order valence-corrected chi connectivity index (χ3v) is 12.0. The number of hydrogen-bond acceptors (Lipinski definition) is 9. The van der Waals surface area contributed by atoms with Crippen molar-refractivity contribution in [2.45, 2.75) is 95.8 Å². The number of pyridine rings is 1. The van der Waals surface area contributed by atoms with E-state index in [1.54, 1.807) is 26.5 Å². The molecular weight excluding hydrogens is 746 g/mol. The molecule has 2 saturated carbocycles. The maximum absolute atomic E-state index is 14.1. The lowest BCUT2D eigenvalue weighted by Crippen LogP contribution is -2.33. The van der Waals surface area contributed by atoms with Gasteiger partial charge in [0.25, 0.3) is 6.43 Å². The Morgan fingerprint density at radius 1 is 0.877 bits per heavy atom. The summed E-state index contributed by atoms with van der Waals surface area (Å²) in [5.74, 6) is 1.06. The lowest BCUT2D eigenvalue weighted by Gasteiger charge is -2.32. The Labute approximate surface area is 337 Å². The number of alkyl halides is 2. The van der Waals surface area contributed by atoms with E-state index in [1.807, 2.05) is 59.4 Å². The number of anilines is 2. The third kappa shape index (κ3) is 8.26. The van der Waals surface area contributed by atoms with Gasteiger partial charge in [0.2, 0.25) is 0 Å². The van der Waals surface area contributed by atoms with Crippen molar-refractivity contribution >= 4 is 45.0 Å². The summed E-state index contributed by atoms with van der Waals surface area (Å²) >= 11 is 7.16. The second kappa shape index (κ2) is 17.3. The molecular formula is C44H49ClF2N8O2. The van der Waals surface area contributed by atoms with Gasteiger partial charge >= 0.3 is 0 Å². The van der Waals surface area contributed by atoms with Gasteiger partial charge in [0.1, 0.15) is 17.0 Å². The molecule has 0 unspecified atom stereocenters. The monoisotopic (exact) mass is 794 g/mol. The van der Waals surface area contributed by atoms with Crippen molar-refractivity contribution in [3.8, 4) is 28.3 Å². The van der Waals surface area contributed by atoms with Gasteiger partial charge in [-0.15, -0.1) is 0 Å². The highest BCUT2D eigenvalue weighted by Crippen LogP contribution is 2.41. The molecule has 10 nitrogen and oxygen atoms in total. The van der Waals surface area contributed by atoms with Crippen LogP contribution in [-0.4, -0.2) is 63.0 Å². The van der Waals surface area contributed by atoms with Crippen LogP contribution < -0.4 is 20.1 Å². The Bertz CT molecular complexity index is 2330. The highest BCUT2D eigenvalue weighted by Gasteiger charge is 2.24. The number of benzene rings is 3. The van der Waals surface area contributed by atoms with Gasteiger partial charge in [-0.05, 0) is 62.1 Å². The molecule has 2 aliphatic carbocycles. The number of halogens is 3. The lowest BCUT2D eigenvalue weighted by atomic mass is 9.94. The lowest BCUT2D eigenvalue weighted by molar-refractivity contribution is 0.141. The molecule has 2 fully saturated rings. The molecule has 57 heavy (non-hydrogen) atoms.